The van der Waals surface area contributed by atoms with Crippen LogP contribution >= 0.6 is 0 Å². The highest BCUT2D eigenvalue weighted by Gasteiger charge is 2.16. The van der Waals surface area contributed by atoms with Crippen LogP contribution in [0.15, 0.2) is 0 Å². The average molecular weight is 181 g/mol. The molecule has 0 amide bonds. The van der Waals surface area contributed by atoms with E-state index in [0.29, 0.717) is 13.2 Å². The summed E-state index contributed by atoms with van der Waals surface area (Å²) in [5.74, 6) is 0. The van der Waals surface area contributed by atoms with Gasteiger partial charge in [0.2, 0.25) is 0 Å². The van der Waals surface area contributed by atoms with Gasteiger partial charge in [-0.1, -0.05) is 0 Å². The Morgan fingerprint density at radius 3 is 2.33 bits per heavy atom. The molecular formula is C8H17F2NO. The van der Waals surface area contributed by atoms with Crippen LogP contribution in [0.25, 0.3) is 0 Å². The van der Waals surface area contributed by atoms with E-state index in [2.05, 4.69) is 5.32 Å². The van der Waals surface area contributed by atoms with Gasteiger partial charge in [0.15, 0.2) is 0 Å². The van der Waals surface area contributed by atoms with Crippen LogP contribution in [0.2, 0.25) is 0 Å². The molecule has 0 aromatic rings. The van der Waals surface area contributed by atoms with E-state index in [-0.39, 0.29) is 6.04 Å². The smallest absolute Gasteiger partial charge is 0.253 e. The van der Waals surface area contributed by atoms with Crippen LogP contribution in [0.3, 0.4) is 0 Å². The van der Waals surface area contributed by atoms with Crippen molar-refractivity contribution in [2.24, 2.45) is 0 Å². The zero-order valence-electron chi connectivity index (χ0n) is 7.81. The number of ether oxygens (including phenoxy) is 1. The van der Waals surface area contributed by atoms with E-state index in [1.807, 2.05) is 13.8 Å². The van der Waals surface area contributed by atoms with Crippen LogP contribution in [0.5, 0.6) is 0 Å². The molecule has 0 aliphatic heterocycles. The second-order valence-electron chi connectivity index (χ2n) is 2.85. The van der Waals surface area contributed by atoms with Crippen LogP contribution in [0, 0.1) is 0 Å². The van der Waals surface area contributed by atoms with Crippen molar-refractivity contribution in [2.45, 2.75) is 39.3 Å². The van der Waals surface area contributed by atoms with E-state index < -0.39 is 12.5 Å². The van der Waals surface area contributed by atoms with E-state index >= 15 is 0 Å². The Hall–Kier alpha value is -0.220. The molecule has 0 radical (unpaired) electrons. The molecule has 0 aromatic heterocycles. The van der Waals surface area contributed by atoms with Gasteiger partial charge in [0, 0.05) is 12.6 Å². The highest BCUT2D eigenvalue weighted by molar-refractivity contribution is 4.68. The third-order valence-corrected chi connectivity index (χ3v) is 1.50. The van der Waals surface area contributed by atoms with Gasteiger partial charge in [0.05, 0.1) is 12.6 Å². The lowest BCUT2D eigenvalue weighted by Crippen LogP contribution is -2.41. The van der Waals surface area contributed by atoms with E-state index in [0.717, 1.165) is 0 Å². The van der Waals surface area contributed by atoms with Crippen molar-refractivity contribution in [3.63, 3.8) is 0 Å². The Balaban J connectivity index is 3.47. The van der Waals surface area contributed by atoms with Crippen LogP contribution < -0.4 is 5.32 Å². The molecule has 74 valence electrons. The highest BCUT2D eigenvalue weighted by atomic mass is 19.3. The van der Waals surface area contributed by atoms with Gasteiger partial charge in [-0.15, -0.1) is 0 Å². The fourth-order valence-electron chi connectivity index (χ4n) is 0.864. The highest BCUT2D eigenvalue weighted by Crippen LogP contribution is 2.00. The first kappa shape index (κ1) is 11.8. The van der Waals surface area contributed by atoms with E-state index in [9.17, 15) is 8.78 Å². The molecule has 0 aliphatic carbocycles. The van der Waals surface area contributed by atoms with Gasteiger partial charge >= 0.3 is 0 Å². The molecule has 2 nitrogen and oxygen atoms in total. The second kappa shape index (κ2) is 6.31. The van der Waals surface area contributed by atoms with Gasteiger partial charge < -0.3 is 10.1 Å². The zero-order valence-corrected chi connectivity index (χ0v) is 7.81. The Morgan fingerprint density at radius 2 is 1.92 bits per heavy atom. The normalized spacial score (nSPS) is 16.5. The summed E-state index contributed by atoms with van der Waals surface area (Å²) in [6.07, 6.45) is -2.31. The minimum absolute atomic E-state index is 0.0195. The molecule has 1 N–H and O–H groups in total. The van der Waals surface area contributed by atoms with Gasteiger partial charge in [-0.3, -0.25) is 0 Å². The van der Waals surface area contributed by atoms with Crippen molar-refractivity contribution in [2.75, 3.05) is 13.2 Å². The summed E-state index contributed by atoms with van der Waals surface area (Å²) in [6, 6.07) is -0.783. The third-order valence-electron chi connectivity index (χ3n) is 1.50. The predicted molar refractivity (Wildman–Crippen MR) is 44.6 cm³/mol. The van der Waals surface area contributed by atoms with Crippen LogP contribution in [-0.2, 0) is 4.74 Å². The SMILES string of the molecule is CCOCC(C)NC(C)C(F)F. The fourth-order valence-corrected chi connectivity index (χ4v) is 0.864. The Labute approximate surface area is 72.3 Å². The predicted octanol–water partition coefficient (Wildman–Crippen LogP) is 1.65. The lowest BCUT2D eigenvalue weighted by molar-refractivity contribution is 0.0801. The lowest BCUT2D eigenvalue weighted by Gasteiger charge is -2.18. The van der Waals surface area contributed by atoms with E-state index in [1.54, 1.807) is 0 Å². The molecule has 2 unspecified atom stereocenters. The van der Waals surface area contributed by atoms with E-state index in [1.165, 1.54) is 6.92 Å². The number of alkyl halides is 2. The molecule has 0 saturated carbocycles. The lowest BCUT2D eigenvalue weighted by atomic mass is 10.3. The Morgan fingerprint density at radius 1 is 1.33 bits per heavy atom. The maximum Gasteiger partial charge on any atom is 0.253 e. The number of hydrogen-bond donors (Lipinski definition) is 1. The van der Waals surface area contributed by atoms with E-state index in [4.69, 9.17) is 4.74 Å². The van der Waals surface area contributed by atoms with Crippen LogP contribution in [-0.4, -0.2) is 31.7 Å². The van der Waals surface area contributed by atoms with Gasteiger partial charge in [0.1, 0.15) is 0 Å². The van der Waals surface area contributed by atoms with Crippen molar-refractivity contribution >= 4 is 0 Å². The standard InChI is InChI=1S/C8H17F2NO/c1-4-12-5-6(2)11-7(3)8(9)10/h6-8,11H,4-5H2,1-3H3. The largest absolute Gasteiger partial charge is 0.380 e. The quantitative estimate of drug-likeness (QED) is 0.672. The topological polar surface area (TPSA) is 21.3 Å². The van der Waals surface area contributed by atoms with Crippen molar-refractivity contribution in [3.8, 4) is 0 Å². The molecule has 0 bridgehead atoms. The fraction of sp³-hybridized carbons (Fsp3) is 1.00. The first-order chi connectivity index (χ1) is 5.57. The number of hydrogen-bond acceptors (Lipinski definition) is 2. The number of halogens is 2. The third kappa shape index (κ3) is 5.43. The number of rotatable bonds is 6. The average Bonchev–Trinajstić information content (AvgIpc) is 2.00. The first-order valence-electron chi connectivity index (χ1n) is 4.19. The molecule has 4 heteroatoms. The van der Waals surface area contributed by atoms with Crippen LogP contribution in [0.1, 0.15) is 20.8 Å². The summed E-state index contributed by atoms with van der Waals surface area (Å²) in [5.41, 5.74) is 0. The summed E-state index contributed by atoms with van der Waals surface area (Å²) < 4.78 is 29.1. The minimum Gasteiger partial charge on any atom is -0.380 e. The van der Waals surface area contributed by atoms with Gasteiger partial charge in [-0.2, -0.15) is 0 Å². The van der Waals surface area contributed by atoms with Crippen LogP contribution in [0.4, 0.5) is 8.78 Å². The van der Waals surface area contributed by atoms with Crippen molar-refractivity contribution in [3.05, 3.63) is 0 Å². The first-order valence-corrected chi connectivity index (χ1v) is 4.19. The monoisotopic (exact) mass is 181 g/mol. The summed E-state index contributed by atoms with van der Waals surface area (Å²) >= 11 is 0. The molecule has 0 aliphatic rings. The summed E-state index contributed by atoms with van der Waals surface area (Å²) in [5, 5.41) is 2.74. The number of nitrogens with one attached hydrogen (secondary N) is 1. The minimum atomic E-state index is -2.31. The summed E-state index contributed by atoms with van der Waals surface area (Å²) in [4.78, 5) is 0. The summed E-state index contributed by atoms with van der Waals surface area (Å²) in [6.45, 7) is 6.27. The molecule has 0 saturated heterocycles. The maximum atomic E-state index is 12.0. The Kier molecular flexibility index (Phi) is 6.20. The van der Waals surface area contributed by atoms with Crippen molar-refractivity contribution in [1.82, 2.24) is 5.32 Å². The van der Waals surface area contributed by atoms with Gasteiger partial charge in [0.25, 0.3) is 6.43 Å². The maximum absolute atomic E-state index is 12.0. The molecular weight excluding hydrogens is 164 g/mol. The zero-order chi connectivity index (χ0) is 9.56. The van der Waals surface area contributed by atoms with Gasteiger partial charge in [-0.25, -0.2) is 8.78 Å². The molecule has 0 fully saturated rings. The van der Waals surface area contributed by atoms with Crippen molar-refractivity contribution in [1.29, 1.82) is 0 Å². The molecule has 0 heterocycles. The molecule has 0 rings (SSSR count). The Bertz CT molecular complexity index is 111. The van der Waals surface area contributed by atoms with Gasteiger partial charge in [-0.05, 0) is 20.8 Å². The summed E-state index contributed by atoms with van der Waals surface area (Å²) in [7, 11) is 0. The molecule has 12 heavy (non-hydrogen) atoms. The van der Waals surface area contributed by atoms with Crippen molar-refractivity contribution < 1.29 is 13.5 Å². The second-order valence-corrected chi connectivity index (χ2v) is 2.85. The molecule has 0 aromatic carbocycles. The molecule has 2 atom stereocenters. The molecule has 0 spiro atoms.